The Morgan fingerprint density at radius 1 is 1.19 bits per heavy atom. The number of nitrogens with zero attached hydrogens (tertiary/aromatic N) is 2. The molecule has 0 aliphatic carbocycles. The summed E-state index contributed by atoms with van der Waals surface area (Å²) in [6.07, 6.45) is 3.56. The summed E-state index contributed by atoms with van der Waals surface area (Å²) in [5.41, 5.74) is 2.03. The van der Waals surface area contributed by atoms with Crippen molar-refractivity contribution in [2.45, 2.75) is 38.6 Å². The van der Waals surface area contributed by atoms with E-state index in [1.807, 2.05) is 29.2 Å². The molecule has 0 unspecified atom stereocenters. The molecule has 5 heteroatoms. The van der Waals surface area contributed by atoms with Crippen molar-refractivity contribution < 1.29 is 9.53 Å². The van der Waals surface area contributed by atoms with Gasteiger partial charge in [-0.3, -0.25) is 4.79 Å². The number of methoxy groups -OCH3 is 1. The molecule has 1 aromatic carbocycles. The second-order valence-electron chi connectivity index (χ2n) is 7.07. The molecule has 0 atom stereocenters. The van der Waals surface area contributed by atoms with E-state index in [9.17, 15) is 4.79 Å². The molecule has 138 valence electrons. The quantitative estimate of drug-likeness (QED) is 0.885. The van der Waals surface area contributed by atoms with Gasteiger partial charge in [-0.2, -0.15) is 0 Å². The summed E-state index contributed by atoms with van der Waals surface area (Å²) >= 11 is 0. The molecular formula is C21H27N3O2. The number of rotatable bonds is 5. The lowest BCUT2D eigenvalue weighted by atomic mass is 10.0. The Balaban J connectivity index is 1.55. The smallest absolute Gasteiger partial charge is 0.253 e. The lowest BCUT2D eigenvalue weighted by Gasteiger charge is -2.32. The van der Waals surface area contributed by atoms with E-state index in [-0.39, 0.29) is 5.91 Å². The Morgan fingerprint density at radius 2 is 1.88 bits per heavy atom. The van der Waals surface area contributed by atoms with Gasteiger partial charge in [0.1, 0.15) is 11.6 Å². The molecule has 1 aliphatic rings. The summed E-state index contributed by atoms with van der Waals surface area (Å²) in [7, 11) is 1.65. The van der Waals surface area contributed by atoms with Crippen molar-refractivity contribution in [1.29, 1.82) is 0 Å². The number of nitrogens with one attached hydrogen (secondary N) is 1. The first-order valence-electron chi connectivity index (χ1n) is 9.22. The van der Waals surface area contributed by atoms with E-state index in [2.05, 4.69) is 36.3 Å². The van der Waals surface area contributed by atoms with Gasteiger partial charge in [0.05, 0.1) is 7.11 Å². The van der Waals surface area contributed by atoms with Crippen LogP contribution in [0.25, 0.3) is 0 Å². The minimum atomic E-state index is 0.123. The minimum Gasteiger partial charge on any atom is -0.497 e. The number of ether oxygens (including phenoxy) is 1. The summed E-state index contributed by atoms with van der Waals surface area (Å²) in [4.78, 5) is 19.0. The summed E-state index contributed by atoms with van der Waals surface area (Å²) < 4.78 is 5.23. The first-order valence-corrected chi connectivity index (χ1v) is 9.22. The number of carbonyl (C=O) groups excluding carboxylic acids is 1. The number of pyridine rings is 1. The molecule has 26 heavy (non-hydrogen) atoms. The molecule has 1 amide bonds. The fraction of sp³-hybridized carbons (Fsp3) is 0.429. The Kier molecular flexibility index (Phi) is 5.76. The Morgan fingerprint density at radius 3 is 2.50 bits per heavy atom. The molecule has 0 spiro atoms. The van der Waals surface area contributed by atoms with Gasteiger partial charge < -0.3 is 15.0 Å². The molecule has 2 aromatic rings. The van der Waals surface area contributed by atoms with Crippen LogP contribution in [0.15, 0.2) is 42.6 Å². The topological polar surface area (TPSA) is 54.5 Å². The molecule has 1 aliphatic heterocycles. The van der Waals surface area contributed by atoms with Gasteiger partial charge in [-0.15, -0.1) is 0 Å². The van der Waals surface area contributed by atoms with Crippen LogP contribution in [-0.2, 0) is 0 Å². The van der Waals surface area contributed by atoms with E-state index >= 15 is 0 Å². The van der Waals surface area contributed by atoms with Gasteiger partial charge in [0.25, 0.3) is 5.91 Å². The second kappa shape index (κ2) is 8.21. The third-order valence-electron chi connectivity index (χ3n) is 4.93. The number of piperidine rings is 1. The van der Waals surface area contributed by atoms with Crippen molar-refractivity contribution in [3.8, 4) is 5.75 Å². The van der Waals surface area contributed by atoms with E-state index in [1.165, 1.54) is 5.56 Å². The van der Waals surface area contributed by atoms with Crippen molar-refractivity contribution in [3.63, 3.8) is 0 Å². The second-order valence-corrected chi connectivity index (χ2v) is 7.07. The predicted octanol–water partition coefficient (Wildman–Crippen LogP) is 3.93. The Labute approximate surface area is 155 Å². The molecule has 1 fully saturated rings. The van der Waals surface area contributed by atoms with E-state index in [0.717, 1.165) is 43.1 Å². The largest absolute Gasteiger partial charge is 0.497 e. The first-order chi connectivity index (χ1) is 12.6. The van der Waals surface area contributed by atoms with Crippen molar-refractivity contribution in [2.75, 3.05) is 25.5 Å². The summed E-state index contributed by atoms with van der Waals surface area (Å²) in [5, 5.41) is 3.45. The molecule has 1 saturated heterocycles. The maximum Gasteiger partial charge on any atom is 0.253 e. The van der Waals surface area contributed by atoms with Gasteiger partial charge in [0.15, 0.2) is 0 Å². The maximum atomic E-state index is 12.7. The number of likely N-dealkylation sites (tertiary alicyclic amines) is 1. The van der Waals surface area contributed by atoms with Crippen LogP contribution in [0, 0.1) is 0 Å². The maximum absolute atomic E-state index is 12.7. The van der Waals surface area contributed by atoms with Crippen molar-refractivity contribution >= 4 is 11.7 Å². The highest BCUT2D eigenvalue weighted by molar-refractivity contribution is 5.94. The van der Waals surface area contributed by atoms with Gasteiger partial charge in [0, 0.05) is 37.0 Å². The first kappa shape index (κ1) is 18.2. The zero-order chi connectivity index (χ0) is 18.5. The molecule has 5 nitrogen and oxygen atoms in total. The lowest BCUT2D eigenvalue weighted by Crippen LogP contribution is -2.42. The number of anilines is 1. The van der Waals surface area contributed by atoms with Gasteiger partial charge in [-0.1, -0.05) is 26.0 Å². The molecule has 1 aromatic heterocycles. The average molecular weight is 353 g/mol. The third kappa shape index (κ3) is 4.34. The highest BCUT2D eigenvalue weighted by Gasteiger charge is 2.23. The Bertz CT molecular complexity index is 735. The number of aromatic nitrogens is 1. The molecule has 0 bridgehead atoms. The number of hydrogen-bond acceptors (Lipinski definition) is 4. The van der Waals surface area contributed by atoms with Crippen molar-refractivity contribution in [3.05, 3.63) is 53.7 Å². The van der Waals surface area contributed by atoms with Gasteiger partial charge in [-0.25, -0.2) is 4.98 Å². The zero-order valence-corrected chi connectivity index (χ0v) is 15.7. The molecule has 3 rings (SSSR count). The van der Waals surface area contributed by atoms with E-state index in [1.54, 1.807) is 13.3 Å². The van der Waals surface area contributed by atoms with Crippen LogP contribution in [0.1, 0.15) is 48.5 Å². The van der Waals surface area contributed by atoms with Crippen LogP contribution in [-0.4, -0.2) is 42.0 Å². The number of carbonyl (C=O) groups is 1. The lowest BCUT2D eigenvalue weighted by molar-refractivity contribution is 0.0718. The van der Waals surface area contributed by atoms with Crippen LogP contribution in [0.5, 0.6) is 5.75 Å². The van der Waals surface area contributed by atoms with Crippen LogP contribution in [0.3, 0.4) is 0 Å². The highest BCUT2D eigenvalue weighted by atomic mass is 16.5. The monoisotopic (exact) mass is 353 g/mol. The van der Waals surface area contributed by atoms with Gasteiger partial charge >= 0.3 is 0 Å². The van der Waals surface area contributed by atoms with Crippen molar-refractivity contribution in [1.82, 2.24) is 9.88 Å². The van der Waals surface area contributed by atoms with Crippen LogP contribution in [0.2, 0.25) is 0 Å². The molecule has 1 N–H and O–H groups in total. The molecule has 2 heterocycles. The fourth-order valence-electron chi connectivity index (χ4n) is 3.25. The van der Waals surface area contributed by atoms with E-state index in [4.69, 9.17) is 4.74 Å². The Hall–Kier alpha value is -2.56. The molecule has 0 saturated carbocycles. The molecule has 0 radical (unpaired) electrons. The number of amides is 1. The highest BCUT2D eigenvalue weighted by Crippen LogP contribution is 2.21. The minimum absolute atomic E-state index is 0.123. The predicted molar refractivity (Wildman–Crippen MR) is 104 cm³/mol. The summed E-state index contributed by atoms with van der Waals surface area (Å²) in [5.74, 6) is 2.21. The van der Waals surface area contributed by atoms with Crippen LogP contribution >= 0.6 is 0 Å². The van der Waals surface area contributed by atoms with Crippen LogP contribution in [0.4, 0.5) is 5.82 Å². The van der Waals surface area contributed by atoms with Gasteiger partial charge in [-0.05, 0) is 42.5 Å². The van der Waals surface area contributed by atoms with E-state index in [0.29, 0.717) is 12.0 Å². The number of hydrogen-bond donors (Lipinski definition) is 1. The molecular weight excluding hydrogens is 326 g/mol. The zero-order valence-electron chi connectivity index (χ0n) is 15.7. The van der Waals surface area contributed by atoms with E-state index < -0.39 is 0 Å². The number of benzene rings is 1. The average Bonchev–Trinajstić information content (AvgIpc) is 2.68. The fourth-order valence-corrected chi connectivity index (χ4v) is 3.25. The summed E-state index contributed by atoms with van der Waals surface area (Å²) in [6, 6.07) is 12.1. The van der Waals surface area contributed by atoms with Gasteiger partial charge in [0.2, 0.25) is 0 Å². The third-order valence-corrected chi connectivity index (χ3v) is 4.93. The summed E-state index contributed by atoms with van der Waals surface area (Å²) in [6.45, 7) is 5.83. The van der Waals surface area contributed by atoms with Crippen molar-refractivity contribution in [2.24, 2.45) is 0 Å². The SMILES string of the molecule is COc1ccnc(NC2CCN(C(=O)c3ccc(C(C)C)cc3)CC2)c1. The normalized spacial score (nSPS) is 15.2. The standard InChI is InChI=1S/C21H27N3O2/c1-15(2)16-4-6-17(7-5-16)21(25)24-12-9-18(10-13-24)23-20-14-19(26-3)8-11-22-20/h4-8,11,14-15,18H,9-10,12-13H2,1-3H3,(H,22,23). The van der Waals surface area contributed by atoms with Crippen LogP contribution < -0.4 is 10.1 Å².